The molecule has 142 valence electrons. The number of alkyl halides is 1. The monoisotopic (exact) mass is 382 g/mol. The van der Waals surface area contributed by atoms with E-state index in [1.54, 1.807) is 36.5 Å². The van der Waals surface area contributed by atoms with Crippen LogP contribution in [-0.4, -0.2) is 25.0 Å². The van der Waals surface area contributed by atoms with Crippen LogP contribution in [0, 0.1) is 5.82 Å². The average molecular weight is 382 g/mol. The maximum atomic E-state index is 13.8. The predicted molar refractivity (Wildman–Crippen MR) is 97.2 cm³/mol. The van der Waals surface area contributed by atoms with Gasteiger partial charge >= 0.3 is 11.1 Å². The van der Waals surface area contributed by atoms with E-state index >= 15 is 0 Å². The summed E-state index contributed by atoms with van der Waals surface area (Å²) in [6.45, 7) is 0.0690. The molecule has 2 heterocycles. The molecular weight excluding hydrogens is 366 g/mol. The van der Waals surface area contributed by atoms with Gasteiger partial charge in [-0.15, -0.1) is 0 Å². The summed E-state index contributed by atoms with van der Waals surface area (Å²) in [5.41, 5.74) is -1.82. The van der Waals surface area contributed by atoms with Gasteiger partial charge < -0.3 is 9.13 Å². The normalized spacial score (nSPS) is 25.1. The Balaban J connectivity index is 1.40. The molecule has 3 saturated carbocycles. The minimum absolute atomic E-state index is 0.0690. The number of rotatable bonds is 4. The zero-order chi connectivity index (χ0) is 19.5. The minimum atomic E-state index is -1.15. The van der Waals surface area contributed by atoms with E-state index in [9.17, 15) is 18.4 Å². The summed E-state index contributed by atoms with van der Waals surface area (Å²) < 4.78 is 30.2. The number of hydrogen-bond acceptors (Lipinski definition) is 4. The minimum Gasteiger partial charge on any atom is -0.303 e. The standard InChI is InChI=1S/C20H16F2N4O2/c21-15-4-2-1-3-14(15)16-6-5-13(23-24-16)9-25-7-8-26(18(28)17(25)27)20-10-19(22,11-20)12-20/h1-8H,9-12H2. The Morgan fingerprint density at radius 2 is 1.71 bits per heavy atom. The number of nitrogens with zero attached hydrogens (tertiary/aromatic N) is 4. The van der Waals surface area contributed by atoms with Gasteiger partial charge in [0, 0.05) is 37.2 Å². The molecule has 0 saturated heterocycles. The van der Waals surface area contributed by atoms with Crippen molar-refractivity contribution in [3.63, 3.8) is 0 Å². The van der Waals surface area contributed by atoms with Gasteiger partial charge in [-0.1, -0.05) is 12.1 Å². The Morgan fingerprint density at radius 1 is 0.964 bits per heavy atom. The van der Waals surface area contributed by atoms with Gasteiger partial charge in [0.05, 0.1) is 23.5 Å². The molecule has 0 spiro atoms. The molecule has 2 bridgehead atoms. The molecule has 3 fully saturated rings. The third-order valence-corrected chi connectivity index (χ3v) is 5.71. The van der Waals surface area contributed by atoms with Crippen molar-refractivity contribution in [3.05, 3.63) is 81.0 Å². The first-order chi connectivity index (χ1) is 13.4. The third kappa shape index (κ3) is 2.44. The Labute approximate surface area is 158 Å². The summed E-state index contributed by atoms with van der Waals surface area (Å²) in [6, 6.07) is 9.51. The maximum Gasteiger partial charge on any atom is 0.316 e. The number of benzene rings is 1. The first-order valence-electron chi connectivity index (χ1n) is 8.98. The van der Waals surface area contributed by atoms with Crippen LogP contribution >= 0.6 is 0 Å². The van der Waals surface area contributed by atoms with Gasteiger partial charge in [0.25, 0.3) is 0 Å². The van der Waals surface area contributed by atoms with Crippen LogP contribution in [0.25, 0.3) is 11.3 Å². The van der Waals surface area contributed by atoms with Crippen LogP contribution in [0.1, 0.15) is 25.0 Å². The molecule has 0 radical (unpaired) electrons. The highest BCUT2D eigenvalue weighted by molar-refractivity contribution is 5.58. The lowest BCUT2D eigenvalue weighted by molar-refractivity contribution is -0.199. The van der Waals surface area contributed by atoms with E-state index < -0.39 is 28.1 Å². The summed E-state index contributed by atoms with van der Waals surface area (Å²) >= 11 is 0. The quantitative estimate of drug-likeness (QED) is 0.649. The van der Waals surface area contributed by atoms with E-state index in [1.807, 2.05) is 0 Å². The largest absolute Gasteiger partial charge is 0.316 e. The smallest absolute Gasteiger partial charge is 0.303 e. The molecular formula is C20H16F2N4O2. The van der Waals surface area contributed by atoms with E-state index in [1.165, 1.54) is 21.4 Å². The van der Waals surface area contributed by atoms with Crippen molar-refractivity contribution in [2.45, 2.75) is 37.0 Å². The Hall–Kier alpha value is -3.16. The lowest BCUT2D eigenvalue weighted by Gasteiger charge is -2.65. The van der Waals surface area contributed by atoms with Crippen molar-refractivity contribution in [1.29, 1.82) is 0 Å². The highest BCUT2D eigenvalue weighted by Gasteiger charge is 2.70. The summed E-state index contributed by atoms with van der Waals surface area (Å²) in [6.07, 6.45) is 3.95. The van der Waals surface area contributed by atoms with Crippen molar-refractivity contribution in [3.8, 4) is 11.3 Å². The van der Waals surface area contributed by atoms with E-state index in [2.05, 4.69) is 10.2 Å². The molecule has 3 aliphatic rings. The first kappa shape index (κ1) is 17.0. The van der Waals surface area contributed by atoms with Crippen LogP contribution < -0.4 is 11.1 Å². The fourth-order valence-corrected chi connectivity index (χ4v) is 4.31. The van der Waals surface area contributed by atoms with Gasteiger partial charge in [0.2, 0.25) is 0 Å². The van der Waals surface area contributed by atoms with Gasteiger partial charge in [-0.2, -0.15) is 10.2 Å². The molecule has 3 aromatic rings. The van der Waals surface area contributed by atoms with Gasteiger partial charge in [-0.05, 0) is 24.3 Å². The van der Waals surface area contributed by atoms with Crippen LogP contribution in [0.3, 0.4) is 0 Å². The third-order valence-electron chi connectivity index (χ3n) is 5.71. The Kier molecular flexibility index (Phi) is 3.44. The maximum absolute atomic E-state index is 13.8. The molecule has 2 aromatic heterocycles. The van der Waals surface area contributed by atoms with Crippen LogP contribution in [0.2, 0.25) is 0 Å². The van der Waals surface area contributed by atoms with Gasteiger partial charge in [-0.25, -0.2) is 8.78 Å². The van der Waals surface area contributed by atoms with Crippen molar-refractivity contribution >= 4 is 0 Å². The summed E-state index contributed by atoms with van der Waals surface area (Å²) in [4.78, 5) is 24.9. The molecule has 6 nitrogen and oxygen atoms in total. The van der Waals surface area contributed by atoms with E-state index in [0.717, 1.165) is 0 Å². The molecule has 3 aliphatic carbocycles. The second kappa shape index (κ2) is 5.67. The molecule has 6 rings (SSSR count). The Bertz CT molecular complexity index is 1180. The zero-order valence-electron chi connectivity index (χ0n) is 14.8. The summed E-state index contributed by atoms with van der Waals surface area (Å²) in [7, 11) is 0. The summed E-state index contributed by atoms with van der Waals surface area (Å²) in [5, 5.41) is 8.06. The van der Waals surface area contributed by atoms with Crippen LogP contribution in [0.5, 0.6) is 0 Å². The van der Waals surface area contributed by atoms with Crippen LogP contribution in [0.4, 0.5) is 8.78 Å². The number of halogens is 2. The fourth-order valence-electron chi connectivity index (χ4n) is 4.31. The number of aromatic nitrogens is 4. The van der Waals surface area contributed by atoms with Gasteiger partial charge in [0.1, 0.15) is 11.5 Å². The number of hydrogen-bond donors (Lipinski definition) is 0. The lowest BCUT2D eigenvalue weighted by atomic mass is 9.47. The fraction of sp³-hybridized carbons (Fsp3) is 0.300. The van der Waals surface area contributed by atoms with Crippen LogP contribution in [0.15, 0.2) is 58.4 Å². The van der Waals surface area contributed by atoms with E-state index in [0.29, 0.717) is 36.2 Å². The zero-order valence-corrected chi connectivity index (χ0v) is 14.8. The SMILES string of the molecule is O=c1c(=O)n(C23CC(F)(C2)C3)ccn1Cc1ccc(-c2ccccc2F)nn1. The molecule has 1 aromatic carbocycles. The molecule has 28 heavy (non-hydrogen) atoms. The first-order valence-corrected chi connectivity index (χ1v) is 8.98. The van der Waals surface area contributed by atoms with Gasteiger partial charge in [0.15, 0.2) is 0 Å². The van der Waals surface area contributed by atoms with Crippen molar-refractivity contribution in [2.75, 3.05) is 0 Å². The van der Waals surface area contributed by atoms with Crippen molar-refractivity contribution in [2.24, 2.45) is 0 Å². The highest BCUT2D eigenvalue weighted by atomic mass is 19.1. The van der Waals surface area contributed by atoms with E-state index in [-0.39, 0.29) is 6.54 Å². The topological polar surface area (TPSA) is 69.8 Å². The molecule has 0 amide bonds. The molecule has 0 aliphatic heterocycles. The molecule has 0 unspecified atom stereocenters. The van der Waals surface area contributed by atoms with Gasteiger partial charge in [-0.3, -0.25) is 9.59 Å². The van der Waals surface area contributed by atoms with Crippen molar-refractivity contribution in [1.82, 2.24) is 19.3 Å². The molecule has 8 heteroatoms. The summed E-state index contributed by atoms with van der Waals surface area (Å²) in [5.74, 6) is -0.395. The van der Waals surface area contributed by atoms with E-state index in [4.69, 9.17) is 0 Å². The average Bonchev–Trinajstić information content (AvgIpc) is 2.64. The van der Waals surface area contributed by atoms with Crippen molar-refractivity contribution < 1.29 is 8.78 Å². The second-order valence-corrected chi connectivity index (χ2v) is 7.70. The lowest BCUT2D eigenvalue weighted by Crippen LogP contribution is -2.72. The highest BCUT2D eigenvalue weighted by Crippen LogP contribution is 2.66. The Morgan fingerprint density at radius 3 is 2.36 bits per heavy atom. The molecule has 0 N–H and O–H groups in total. The molecule has 0 atom stereocenters. The van der Waals surface area contributed by atoms with Crippen LogP contribution in [-0.2, 0) is 12.1 Å². The predicted octanol–water partition coefficient (Wildman–Crippen LogP) is 2.26. The second-order valence-electron chi connectivity index (χ2n) is 7.70.